The summed E-state index contributed by atoms with van der Waals surface area (Å²) >= 11 is 0. The van der Waals surface area contributed by atoms with Gasteiger partial charge in [-0.15, -0.1) is 0 Å². The molecule has 1 saturated heterocycles. The van der Waals surface area contributed by atoms with Gasteiger partial charge < -0.3 is 4.74 Å². The SMILES string of the molecule is O=C(OCC1CCN(Cc2ccccc2)C1)C(c1ccccc1)c1ccccc1. The Labute approximate surface area is 172 Å². The molecule has 1 aliphatic heterocycles. The van der Waals surface area contributed by atoms with Gasteiger partial charge in [0.25, 0.3) is 0 Å². The first-order valence-corrected chi connectivity index (χ1v) is 10.3. The van der Waals surface area contributed by atoms with Crippen LogP contribution in [-0.2, 0) is 16.1 Å². The molecule has 1 unspecified atom stereocenters. The molecular weight excluding hydrogens is 358 g/mol. The molecule has 0 bridgehead atoms. The number of hydrogen-bond acceptors (Lipinski definition) is 3. The van der Waals surface area contributed by atoms with E-state index in [1.165, 1.54) is 5.56 Å². The van der Waals surface area contributed by atoms with Crippen molar-refractivity contribution in [2.75, 3.05) is 19.7 Å². The summed E-state index contributed by atoms with van der Waals surface area (Å²) in [5.41, 5.74) is 3.28. The van der Waals surface area contributed by atoms with Crippen molar-refractivity contribution in [2.24, 2.45) is 5.92 Å². The number of ether oxygens (including phenoxy) is 1. The van der Waals surface area contributed by atoms with Crippen LogP contribution < -0.4 is 0 Å². The molecule has 3 heteroatoms. The summed E-state index contributed by atoms with van der Waals surface area (Å²) < 4.78 is 5.83. The van der Waals surface area contributed by atoms with Gasteiger partial charge in [0.1, 0.15) is 5.92 Å². The summed E-state index contributed by atoms with van der Waals surface area (Å²) in [6, 6.07) is 30.3. The van der Waals surface area contributed by atoms with E-state index in [1.807, 2.05) is 66.7 Å². The van der Waals surface area contributed by atoms with E-state index < -0.39 is 0 Å². The zero-order valence-corrected chi connectivity index (χ0v) is 16.6. The van der Waals surface area contributed by atoms with Crippen molar-refractivity contribution >= 4 is 5.97 Å². The zero-order chi connectivity index (χ0) is 19.9. The third-order valence-electron chi connectivity index (χ3n) is 5.58. The van der Waals surface area contributed by atoms with E-state index in [-0.39, 0.29) is 11.9 Å². The number of hydrogen-bond donors (Lipinski definition) is 0. The fourth-order valence-corrected chi connectivity index (χ4v) is 4.07. The topological polar surface area (TPSA) is 29.5 Å². The number of likely N-dealkylation sites (tertiary alicyclic amines) is 1. The molecule has 1 heterocycles. The maximum absolute atomic E-state index is 13.0. The Hall–Kier alpha value is -2.91. The third-order valence-corrected chi connectivity index (χ3v) is 5.58. The highest BCUT2D eigenvalue weighted by Gasteiger charge is 2.27. The lowest BCUT2D eigenvalue weighted by Crippen LogP contribution is -2.24. The van der Waals surface area contributed by atoms with Crippen LogP contribution in [0.2, 0.25) is 0 Å². The number of nitrogens with zero attached hydrogens (tertiary/aromatic N) is 1. The zero-order valence-electron chi connectivity index (χ0n) is 16.6. The normalized spacial score (nSPS) is 16.8. The van der Waals surface area contributed by atoms with Gasteiger partial charge in [-0.1, -0.05) is 91.0 Å². The first-order chi connectivity index (χ1) is 14.3. The Balaban J connectivity index is 1.36. The number of carbonyl (C=O) groups is 1. The Bertz CT molecular complexity index is 856. The number of rotatable bonds is 7. The van der Waals surface area contributed by atoms with Gasteiger partial charge in [0.2, 0.25) is 0 Å². The van der Waals surface area contributed by atoms with Gasteiger partial charge in [0.05, 0.1) is 6.61 Å². The fourth-order valence-electron chi connectivity index (χ4n) is 4.07. The standard InChI is InChI=1S/C26H27NO2/c28-26(25(23-12-6-2-7-13-23)24-14-8-3-9-15-24)29-20-22-16-17-27(19-22)18-21-10-4-1-5-11-21/h1-15,22,25H,16-20H2. The van der Waals surface area contributed by atoms with Crippen molar-refractivity contribution in [1.29, 1.82) is 0 Å². The molecule has 3 aromatic rings. The van der Waals surface area contributed by atoms with Gasteiger partial charge >= 0.3 is 5.97 Å². The van der Waals surface area contributed by atoms with Gasteiger partial charge in [-0.2, -0.15) is 0 Å². The Morgan fingerprint density at radius 3 is 2.00 bits per heavy atom. The van der Waals surface area contributed by atoms with Crippen molar-refractivity contribution in [2.45, 2.75) is 18.9 Å². The fraction of sp³-hybridized carbons (Fsp3) is 0.269. The highest BCUT2D eigenvalue weighted by molar-refractivity contribution is 5.82. The largest absolute Gasteiger partial charge is 0.465 e. The number of carbonyl (C=O) groups excluding carboxylic acids is 1. The van der Waals surface area contributed by atoms with Gasteiger partial charge in [0, 0.05) is 19.0 Å². The minimum atomic E-state index is -0.376. The minimum absolute atomic E-state index is 0.163. The van der Waals surface area contributed by atoms with Crippen LogP contribution in [0.1, 0.15) is 29.0 Å². The first kappa shape index (κ1) is 19.4. The molecular formula is C26H27NO2. The van der Waals surface area contributed by atoms with E-state index in [0.717, 1.165) is 37.2 Å². The summed E-state index contributed by atoms with van der Waals surface area (Å²) in [7, 11) is 0. The van der Waals surface area contributed by atoms with E-state index in [9.17, 15) is 4.79 Å². The second-order valence-corrected chi connectivity index (χ2v) is 7.76. The first-order valence-electron chi connectivity index (χ1n) is 10.3. The maximum atomic E-state index is 13.0. The van der Waals surface area contributed by atoms with Crippen LogP contribution in [0.3, 0.4) is 0 Å². The molecule has 148 valence electrons. The summed E-state index contributed by atoms with van der Waals surface area (Å²) in [4.78, 5) is 15.5. The van der Waals surface area contributed by atoms with Crippen LogP contribution in [0.4, 0.5) is 0 Å². The van der Waals surface area contributed by atoms with Crippen molar-refractivity contribution < 1.29 is 9.53 Å². The predicted molar refractivity (Wildman–Crippen MR) is 116 cm³/mol. The lowest BCUT2D eigenvalue weighted by atomic mass is 9.91. The van der Waals surface area contributed by atoms with Crippen molar-refractivity contribution in [1.82, 2.24) is 4.90 Å². The highest BCUT2D eigenvalue weighted by atomic mass is 16.5. The van der Waals surface area contributed by atoms with E-state index in [1.54, 1.807) is 0 Å². The second-order valence-electron chi connectivity index (χ2n) is 7.76. The highest BCUT2D eigenvalue weighted by Crippen LogP contribution is 2.27. The summed E-state index contributed by atoms with van der Waals surface area (Å²) in [5, 5.41) is 0. The molecule has 0 spiro atoms. The van der Waals surface area contributed by atoms with Crippen molar-refractivity contribution in [3.8, 4) is 0 Å². The lowest BCUT2D eigenvalue weighted by molar-refractivity contribution is -0.145. The van der Waals surface area contributed by atoms with Crippen molar-refractivity contribution in [3.63, 3.8) is 0 Å². The van der Waals surface area contributed by atoms with Crippen LogP contribution in [0.5, 0.6) is 0 Å². The lowest BCUT2D eigenvalue weighted by Gasteiger charge is -2.19. The maximum Gasteiger partial charge on any atom is 0.317 e. The van der Waals surface area contributed by atoms with Crippen LogP contribution in [0.15, 0.2) is 91.0 Å². The van der Waals surface area contributed by atoms with Gasteiger partial charge in [0.15, 0.2) is 0 Å². The molecule has 0 aromatic heterocycles. The molecule has 0 N–H and O–H groups in total. The molecule has 1 aliphatic rings. The third kappa shape index (κ3) is 5.12. The van der Waals surface area contributed by atoms with E-state index in [2.05, 4.69) is 29.2 Å². The second kappa shape index (κ2) is 9.53. The van der Waals surface area contributed by atoms with E-state index in [0.29, 0.717) is 12.5 Å². The smallest absolute Gasteiger partial charge is 0.317 e. The average molecular weight is 386 g/mol. The molecule has 1 atom stereocenters. The van der Waals surface area contributed by atoms with Crippen LogP contribution >= 0.6 is 0 Å². The quantitative estimate of drug-likeness (QED) is 0.543. The summed E-state index contributed by atoms with van der Waals surface area (Å²) in [6.45, 7) is 3.48. The Kier molecular flexibility index (Phi) is 6.38. The van der Waals surface area contributed by atoms with Gasteiger partial charge in [-0.25, -0.2) is 0 Å². The molecule has 29 heavy (non-hydrogen) atoms. The van der Waals surface area contributed by atoms with Gasteiger partial charge in [-0.3, -0.25) is 9.69 Å². The molecule has 3 aromatic carbocycles. The molecule has 0 radical (unpaired) electrons. The van der Waals surface area contributed by atoms with Crippen LogP contribution in [-0.4, -0.2) is 30.6 Å². The minimum Gasteiger partial charge on any atom is -0.465 e. The van der Waals surface area contributed by atoms with Gasteiger partial charge in [-0.05, 0) is 29.7 Å². The van der Waals surface area contributed by atoms with E-state index in [4.69, 9.17) is 4.74 Å². The average Bonchev–Trinajstić information content (AvgIpc) is 3.22. The molecule has 4 rings (SSSR count). The molecule has 3 nitrogen and oxygen atoms in total. The monoisotopic (exact) mass is 385 g/mol. The van der Waals surface area contributed by atoms with Crippen LogP contribution in [0, 0.1) is 5.92 Å². The molecule has 1 fully saturated rings. The number of esters is 1. The Morgan fingerprint density at radius 2 is 1.41 bits per heavy atom. The van der Waals surface area contributed by atoms with Crippen LogP contribution in [0.25, 0.3) is 0 Å². The molecule has 0 amide bonds. The summed E-state index contributed by atoms with van der Waals surface area (Å²) in [6.07, 6.45) is 1.07. The Morgan fingerprint density at radius 1 is 0.862 bits per heavy atom. The number of benzene rings is 3. The summed E-state index contributed by atoms with van der Waals surface area (Å²) in [5.74, 6) is -0.141. The predicted octanol–water partition coefficient (Wildman–Crippen LogP) is 4.88. The van der Waals surface area contributed by atoms with E-state index >= 15 is 0 Å². The van der Waals surface area contributed by atoms with Crippen molar-refractivity contribution in [3.05, 3.63) is 108 Å². The molecule has 0 aliphatic carbocycles. The molecule has 0 saturated carbocycles.